The molecule has 7 heteroatoms. The molecule has 0 unspecified atom stereocenters. The van der Waals surface area contributed by atoms with Gasteiger partial charge in [0.15, 0.2) is 0 Å². The number of anilines is 2. The third kappa shape index (κ3) is 2.73. The van der Waals surface area contributed by atoms with Crippen LogP contribution < -0.4 is 15.0 Å². The van der Waals surface area contributed by atoms with E-state index >= 15 is 0 Å². The molecule has 124 valence electrons. The molecule has 1 fully saturated rings. The molecule has 0 radical (unpaired) electrons. The van der Waals surface area contributed by atoms with E-state index < -0.39 is 0 Å². The topological polar surface area (TPSA) is 76.6 Å². The van der Waals surface area contributed by atoms with Crippen LogP contribution in [0.2, 0.25) is 0 Å². The molecule has 7 nitrogen and oxygen atoms in total. The smallest absolute Gasteiger partial charge is 0.415 e. The van der Waals surface area contributed by atoms with Crippen LogP contribution in [0.5, 0.6) is 5.75 Å². The quantitative estimate of drug-likeness (QED) is 0.930. The highest BCUT2D eigenvalue weighted by molar-refractivity contribution is 5.88. The lowest BCUT2D eigenvalue weighted by molar-refractivity contribution is 0.181. The summed E-state index contributed by atoms with van der Waals surface area (Å²) in [6, 6.07) is 7.95. The minimum absolute atomic E-state index is 0.0386. The van der Waals surface area contributed by atoms with Crippen LogP contribution in [0, 0.1) is 0 Å². The Balaban J connectivity index is 1.51. The van der Waals surface area contributed by atoms with Gasteiger partial charge in [0.2, 0.25) is 5.95 Å². The zero-order valence-electron chi connectivity index (χ0n) is 13.4. The van der Waals surface area contributed by atoms with Gasteiger partial charge in [0.25, 0.3) is 0 Å². The van der Waals surface area contributed by atoms with Crippen molar-refractivity contribution in [1.29, 1.82) is 0 Å². The summed E-state index contributed by atoms with van der Waals surface area (Å²) in [7, 11) is 0. The van der Waals surface area contributed by atoms with Crippen LogP contribution in [0.15, 0.2) is 30.5 Å². The van der Waals surface area contributed by atoms with E-state index in [9.17, 15) is 4.79 Å². The maximum atomic E-state index is 11.6. The number of nitrogens with one attached hydrogen (secondary N) is 1. The summed E-state index contributed by atoms with van der Waals surface area (Å²) in [6.07, 6.45) is 2.21. The third-order valence-corrected chi connectivity index (χ3v) is 4.24. The summed E-state index contributed by atoms with van der Waals surface area (Å²) in [5, 5.41) is 3.29. The molecule has 24 heavy (non-hydrogen) atoms. The minimum Gasteiger partial charge on any atom is -0.493 e. The predicted molar refractivity (Wildman–Crippen MR) is 88.4 cm³/mol. The molecule has 1 amide bonds. The van der Waals surface area contributed by atoms with Gasteiger partial charge in [0.05, 0.1) is 19.2 Å². The maximum absolute atomic E-state index is 11.6. The van der Waals surface area contributed by atoms with Crippen LogP contribution >= 0.6 is 0 Å². The van der Waals surface area contributed by atoms with Gasteiger partial charge in [0, 0.05) is 12.6 Å². The Morgan fingerprint density at radius 2 is 2.17 bits per heavy atom. The van der Waals surface area contributed by atoms with Gasteiger partial charge < -0.3 is 14.8 Å². The van der Waals surface area contributed by atoms with Gasteiger partial charge in [-0.25, -0.2) is 9.78 Å². The second-order valence-corrected chi connectivity index (χ2v) is 5.84. The van der Waals surface area contributed by atoms with Gasteiger partial charge in [-0.05, 0) is 36.2 Å². The SMILES string of the molecule is C[C@H](Nc1nccc(N2CCOC2=O)n1)c1ccc2c(c1)CCO2. The van der Waals surface area contributed by atoms with E-state index in [1.165, 1.54) is 10.5 Å². The second-order valence-electron chi connectivity index (χ2n) is 5.84. The number of cyclic esters (lactones) is 1. The van der Waals surface area contributed by atoms with Crippen LogP contribution in [-0.2, 0) is 11.2 Å². The minimum atomic E-state index is -0.369. The van der Waals surface area contributed by atoms with Crippen LogP contribution in [-0.4, -0.2) is 35.8 Å². The van der Waals surface area contributed by atoms with Gasteiger partial charge in [-0.1, -0.05) is 6.07 Å². The number of hydrogen-bond donors (Lipinski definition) is 1. The maximum Gasteiger partial charge on any atom is 0.415 e. The Hall–Kier alpha value is -2.83. The van der Waals surface area contributed by atoms with E-state index in [1.807, 2.05) is 12.1 Å². The number of amides is 1. The molecule has 2 aromatic rings. The molecule has 2 aliphatic rings. The summed E-state index contributed by atoms with van der Waals surface area (Å²) >= 11 is 0. The highest BCUT2D eigenvalue weighted by atomic mass is 16.6. The zero-order chi connectivity index (χ0) is 16.5. The summed E-state index contributed by atoms with van der Waals surface area (Å²) < 4.78 is 10.5. The molecule has 4 rings (SSSR count). The van der Waals surface area contributed by atoms with Crippen molar-refractivity contribution in [3.63, 3.8) is 0 Å². The van der Waals surface area contributed by atoms with Gasteiger partial charge >= 0.3 is 6.09 Å². The first kappa shape index (κ1) is 14.7. The average Bonchev–Trinajstić information content (AvgIpc) is 3.22. The summed E-state index contributed by atoms with van der Waals surface area (Å²) in [6.45, 7) is 3.70. The molecule has 2 aliphatic heterocycles. The molecule has 3 heterocycles. The number of ether oxygens (including phenoxy) is 2. The second kappa shape index (κ2) is 5.99. The van der Waals surface area contributed by atoms with Crippen LogP contribution in [0.3, 0.4) is 0 Å². The third-order valence-electron chi connectivity index (χ3n) is 4.24. The Bertz CT molecular complexity index is 780. The van der Waals surface area contributed by atoms with Crippen molar-refractivity contribution in [2.24, 2.45) is 0 Å². The van der Waals surface area contributed by atoms with Crippen molar-refractivity contribution in [3.05, 3.63) is 41.6 Å². The van der Waals surface area contributed by atoms with Gasteiger partial charge in [-0.2, -0.15) is 4.98 Å². The van der Waals surface area contributed by atoms with Crippen molar-refractivity contribution in [2.75, 3.05) is 30.0 Å². The van der Waals surface area contributed by atoms with Crippen molar-refractivity contribution >= 4 is 17.9 Å². The van der Waals surface area contributed by atoms with Crippen LogP contribution in [0.25, 0.3) is 0 Å². The van der Waals surface area contributed by atoms with Crippen LogP contribution in [0.4, 0.5) is 16.6 Å². The Morgan fingerprint density at radius 1 is 1.25 bits per heavy atom. The van der Waals surface area contributed by atoms with E-state index in [0.717, 1.165) is 24.3 Å². The number of aromatic nitrogens is 2. The zero-order valence-corrected chi connectivity index (χ0v) is 13.4. The molecule has 0 aliphatic carbocycles. The van der Waals surface area contributed by atoms with Crippen molar-refractivity contribution in [1.82, 2.24) is 9.97 Å². The van der Waals surface area contributed by atoms with Crippen molar-refractivity contribution < 1.29 is 14.3 Å². The first-order valence-electron chi connectivity index (χ1n) is 8.00. The van der Waals surface area contributed by atoms with E-state index in [2.05, 4.69) is 28.3 Å². The lowest BCUT2D eigenvalue weighted by atomic mass is 10.0. The molecule has 1 aromatic heterocycles. The summed E-state index contributed by atoms with van der Waals surface area (Å²) in [5.41, 5.74) is 2.38. The van der Waals surface area contributed by atoms with E-state index in [0.29, 0.717) is 24.9 Å². The molecular weight excluding hydrogens is 308 g/mol. The number of hydrogen-bond acceptors (Lipinski definition) is 6. The number of carbonyl (C=O) groups is 1. The first-order valence-corrected chi connectivity index (χ1v) is 8.00. The highest BCUT2D eigenvalue weighted by Gasteiger charge is 2.25. The molecule has 1 saturated heterocycles. The van der Waals surface area contributed by atoms with Gasteiger partial charge in [0.1, 0.15) is 18.2 Å². The van der Waals surface area contributed by atoms with E-state index in [4.69, 9.17) is 9.47 Å². The monoisotopic (exact) mass is 326 g/mol. The van der Waals surface area contributed by atoms with E-state index in [1.54, 1.807) is 12.3 Å². The Kier molecular flexibility index (Phi) is 3.68. The Morgan fingerprint density at radius 3 is 3.00 bits per heavy atom. The van der Waals surface area contributed by atoms with Crippen molar-refractivity contribution in [3.8, 4) is 5.75 Å². The molecule has 0 saturated carbocycles. The summed E-state index contributed by atoms with van der Waals surface area (Å²) in [5.74, 6) is 2.00. The molecule has 0 spiro atoms. The average molecular weight is 326 g/mol. The van der Waals surface area contributed by atoms with Gasteiger partial charge in [-0.3, -0.25) is 4.90 Å². The lowest BCUT2D eigenvalue weighted by Gasteiger charge is -2.17. The summed E-state index contributed by atoms with van der Waals surface area (Å²) in [4.78, 5) is 21.8. The number of benzene rings is 1. The predicted octanol–water partition coefficient (Wildman–Crippen LogP) is 2.54. The Labute approximate surface area is 139 Å². The molecular formula is C17H18N4O3. The number of nitrogens with zero attached hydrogens (tertiary/aromatic N) is 3. The number of rotatable bonds is 4. The lowest BCUT2D eigenvalue weighted by Crippen LogP contribution is -2.25. The molecule has 1 N–H and O–H groups in total. The normalized spacial score (nSPS) is 17.2. The molecule has 1 atom stereocenters. The molecule has 0 bridgehead atoms. The van der Waals surface area contributed by atoms with Crippen LogP contribution in [0.1, 0.15) is 24.1 Å². The number of carbonyl (C=O) groups excluding carboxylic acids is 1. The largest absolute Gasteiger partial charge is 0.493 e. The van der Waals surface area contributed by atoms with Gasteiger partial charge in [-0.15, -0.1) is 0 Å². The van der Waals surface area contributed by atoms with E-state index in [-0.39, 0.29) is 12.1 Å². The molecule has 1 aromatic carbocycles. The fraction of sp³-hybridized carbons (Fsp3) is 0.353. The standard InChI is InChI=1S/C17H18N4O3/c1-11(12-2-3-14-13(10-12)5-8-23-14)19-16-18-6-4-15(20-16)21-7-9-24-17(21)22/h2-4,6,10-11H,5,7-9H2,1H3,(H,18,19,20)/t11-/m0/s1. The first-order chi connectivity index (χ1) is 11.7. The highest BCUT2D eigenvalue weighted by Crippen LogP contribution is 2.29. The number of fused-ring (bicyclic) bond motifs is 1. The fourth-order valence-corrected chi connectivity index (χ4v) is 2.92. The fourth-order valence-electron chi connectivity index (χ4n) is 2.92. The van der Waals surface area contributed by atoms with Crippen molar-refractivity contribution in [2.45, 2.75) is 19.4 Å².